The van der Waals surface area contributed by atoms with E-state index in [1.165, 1.54) is 0 Å². The van der Waals surface area contributed by atoms with Gasteiger partial charge in [-0.2, -0.15) is 0 Å². The van der Waals surface area contributed by atoms with E-state index in [0.717, 1.165) is 22.3 Å². The molecule has 1 aromatic heterocycles. The van der Waals surface area contributed by atoms with Crippen LogP contribution < -0.4 is 4.74 Å². The molecule has 0 aliphatic carbocycles. The first-order valence-electron chi connectivity index (χ1n) is 7.53. The van der Waals surface area contributed by atoms with Gasteiger partial charge in [0.25, 0.3) is 0 Å². The second kappa shape index (κ2) is 6.50. The molecule has 0 aliphatic rings. The number of allylic oxidation sites excluding steroid dienone is 1. The monoisotopic (exact) mass is 319 g/mol. The zero-order valence-electron chi connectivity index (χ0n) is 13.4. The number of ether oxygens (including phenoxy) is 1. The maximum atomic E-state index is 11.9. The molecule has 0 radical (unpaired) electrons. The number of benzene rings is 2. The van der Waals surface area contributed by atoms with Gasteiger partial charge in [0.15, 0.2) is 0 Å². The summed E-state index contributed by atoms with van der Waals surface area (Å²) >= 11 is 0. The zero-order chi connectivity index (χ0) is 17.1. The lowest BCUT2D eigenvalue weighted by molar-refractivity contribution is -0.130. The minimum absolute atomic E-state index is 0.341. The number of rotatable bonds is 5. The molecule has 0 fully saturated rings. The van der Waals surface area contributed by atoms with Crippen molar-refractivity contribution < 1.29 is 9.53 Å². The fraction of sp³-hybridized carbons (Fsp3) is 0.105. The molecule has 5 nitrogen and oxygen atoms in total. The molecular weight excluding hydrogens is 302 g/mol. The molecule has 0 saturated carbocycles. The molecule has 1 heterocycles. The van der Waals surface area contributed by atoms with E-state index < -0.39 is 5.97 Å². The lowest BCUT2D eigenvalue weighted by atomic mass is 10.1. The molecule has 0 aliphatic heterocycles. The number of carbonyl (C=O) groups excluding carboxylic acids is 1. The van der Waals surface area contributed by atoms with Gasteiger partial charge in [0.2, 0.25) is 0 Å². The minimum atomic E-state index is -0.462. The third-order valence-corrected chi connectivity index (χ3v) is 3.51. The summed E-state index contributed by atoms with van der Waals surface area (Å²) in [6.45, 7) is 9.00. The van der Waals surface area contributed by atoms with Crippen molar-refractivity contribution >= 4 is 17.0 Å². The van der Waals surface area contributed by atoms with Gasteiger partial charge in [-0.15, -0.1) is 21.6 Å². The smallest absolute Gasteiger partial charge is 0.338 e. The molecule has 0 N–H and O–H groups in total. The first-order chi connectivity index (χ1) is 11.6. The second-order valence-electron chi connectivity index (χ2n) is 5.39. The number of esters is 1. The first kappa shape index (κ1) is 15.7. The molecule has 0 spiro atoms. The summed E-state index contributed by atoms with van der Waals surface area (Å²) in [5.74, 6) is -0.00203. The van der Waals surface area contributed by atoms with Gasteiger partial charge in [0.05, 0.1) is 5.69 Å². The Morgan fingerprint density at radius 3 is 2.42 bits per heavy atom. The molecular formula is C19H17N3O2. The third kappa shape index (κ3) is 2.96. The highest BCUT2D eigenvalue weighted by atomic mass is 16.5. The van der Waals surface area contributed by atoms with Crippen molar-refractivity contribution in [3.63, 3.8) is 0 Å². The maximum absolute atomic E-state index is 11.9. The second-order valence-corrected chi connectivity index (χ2v) is 5.39. The van der Waals surface area contributed by atoms with Crippen LogP contribution in [0.2, 0.25) is 0 Å². The van der Waals surface area contributed by atoms with Crippen LogP contribution in [0.25, 0.3) is 16.7 Å². The van der Waals surface area contributed by atoms with E-state index in [4.69, 9.17) is 4.74 Å². The number of aromatic nitrogens is 3. The Labute approximate surface area is 139 Å². The zero-order valence-corrected chi connectivity index (χ0v) is 13.4. The highest BCUT2D eigenvalue weighted by molar-refractivity contribution is 5.89. The molecule has 2 aromatic carbocycles. The average Bonchev–Trinajstić information content (AvgIpc) is 3.00. The molecule has 5 heteroatoms. The van der Waals surface area contributed by atoms with Gasteiger partial charge < -0.3 is 4.74 Å². The van der Waals surface area contributed by atoms with Gasteiger partial charge in [-0.1, -0.05) is 30.9 Å². The Kier molecular flexibility index (Phi) is 4.24. The fourth-order valence-corrected chi connectivity index (χ4v) is 2.34. The fourth-order valence-electron chi connectivity index (χ4n) is 2.34. The lowest BCUT2D eigenvalue weighted by Crippen LogP contribution is -2.11. The van der Waals surface area contributed by atoms with E-state index >= 15 is 0 Å². The summed E-state index contributed by atoms with van der Waals surface area (Å²) in [6, 6.07) is 13.1. The van der Waals surface area contributed by atoms with Gasteiger partial charge in [-0.05, 0) is 37.6 Å². The van der Waals surface area contributed by atoms with Crippen LogP contribution in [-0.2, 0) is 11.2 Å². The lowest BCUT2D eigenvalue weighted by Gasteiger charge is -2.12. The number of hydrogen-bond acceptors (Lipinski definition) is 4. The van der Waals surface area contributed by atoms with Crippen molar-refractivity contribution in [1.29, 1.82) is 0 Å². The van der Waals surface area contributed by atoms with Crippen LogP contribution in [0, 0.1) is 0 Å². The predicted octanol–water partition coefficient (Wildman–Crippen LogP) is 3.63. The molecule has 0 saturated heterocycles. The summed E-state index contributed by atoms with van der Waals surface area (Å²) in [4.78, 5) is 13.4. The highest BCUT2D eigenvalue weighted by Gasteiger charge is 2.15. The molecule has 0 bridgehead atoms. The summed E-state index contributed by atoms with van der Waals surface area (Å²) in [6.07, 6.45) is 2.27. The predicted molar refractivity (Wildman–Crippen MR) is 93.2 cm³/mol. The van der Waals surface area contributed by atoms with Crippen molar-refractivity contribution in [2.24, 2.45) is 0 Å². The standard InChI is InChI=1S/C19H17N3O2/c1-4-8-14-17(11-7-12-18(14)24-19(23)13(2)3)22-20-15-9-5-6-10-16(15)21-22/h4-7,9-12H,1-2,8H2,3H3. The Morgan fingerprint density at radius 1 is 1.17 bits per heavy atom. The normalized spacial score (nSPS) is 10.5. The van der Waals surface area contributed by atoms with Crippen LogP contribution >= 0.6 is 0 Å². The summed E-state index contributed by atoms with van der Waals surface area (Å²) in [5, 5.41) is 8.99. The van der Waals surface area contributed by atoms with E-state index in [-0.39, 0.29) is 0 Å². The van der Waals surface area contributed by atoms with E-state index in [0.29, 0.717) is 17.7 Å². The van der Waals surface area contributed by atoms with Crippen molar-refractivity contribution in [3.8, 4) is 11.4 Å². The number of carbonyl (C=O) groups is 1. The Morgan fingerprint density at radius 2 is 1.83 bits per heavy atom. The van der Waals surface area contributed by atoms with Crippen molar-refractivity contribution in [3.05, 3.63) is 72.8 Å². The molecule has 120 valence electrons. The van der Waals surface area contributed by atoms with E-state index in [9.17, 15) is 4.79 Å². The number of fused-ring (bicyclic) bond motifs is 1. The highest BCUT2D eigenvalue weighted by Crippen LogP contribution is 2.27. The van der Waals surface area contributed by atoms with E-state index in [2.05, 4.69) is 23.4 Å². The van der Waals surface area contributed by atoms with E-state index in [1.807, 2.05) is 30.3 Å². The van der Waals surface area contributed by atoms with E-state index in [1.54, 1.807) is 29.9 Å². The van der Waals surface area contributed by atoms with Gasteiger partial charge >= 0.3 is 5.97 Å². The Hall–Kier alpha value is -3.21. The van der Waals surface area contributed by atoms with Crippen molar-refractivity contribution in [2.45, 2.75) is 13.3 Å². The van der Waals surface area contributed by atoms with Gasteiger partial charge in [-0.3, -0.25) is 0 Å². The van der Waals surface area contributed by atoms with Crippen LogP contribution in [0.4, 0.5) is 0 Å². The quantitative estimate of drug-likeness (QED) is 0.312. The SMILES string of the molecule is C=CCc1c(OC(=O)C(=C)C)cccc1-n1nc2ccccc2n1. The van der Waals surface area contributed by atoms with Crippen molar-refractivity contribution in [1.82, 2.24) is 15.0 Å². The summed E-state index contributed by atoms with van der Waals surface area (Å²) in [5.41, 5.74) is 3.48. The van der Waals surface area contributed by atoms with Gasteiger partial charge in [0, 0.05) is 11.1 Å². The third-order valence-electron chi connectivity index (χ3n) is 3.51. The summed E-state index contributed by atoms with van der Waals surface area (Å²) < 4.78 is 5.44. The Bertz CT molecular complexity index is 908. The Balaban J connectivity index is 2.11. The molecule has 0 amide bonds. The topological polar surface area (TPSA) is 57.0 Å². The molecule has 0 atom stereocenters. The average molecular weight is 319 g/mol. The number of hydrogen-bond donors (Lipinski definition) is 0. The first-order valence-corrected chi connectivity index (χ1v) is 7.53. The molecule has 0 unspecified atom stereocenters. The van der Waals surface area contributed by atoms with Crippen molar-refractivity contribution in [2.75, 3.05) is 0 Å². The van der Waals surface area contributed by atoms with Crippen LogP contribution in [0.1, 0.15) is 12.5 Å². The van der Waals surface area contributed by atoms with Crippen LogP contribution in [-0.4, -0.2) is 21.0 Å². The number of nitrogens with zero attached hydrogens (tertiary/aromatic N) is 3. The molecule has 24 heavy (non-hydrogen) atoms. The molecule has 3 rings (SSSR count). The maximum Gasteiger partial charge on any atom is 0.338 e. The van der Waals surface area contributed by atoms with Crippen LogP contribution in [0.5, 0.6) is 5.75 Å². The van der Waals surface area contributed by atoms with Gasteiger partial charge in [0.1, 0.15) is 16.8 Å². The van der Waals surface area contributed by atoms with Gasteiger partial charge in [-0.25, -0.2) is 4.79 Å². The van der Waals surface area contributed by atoms with Crippen LogP contribution in [0.3, 0.4) is 0 Å². The molecule has 3 aromatic rings. The largest absolute Gasteiger partial charge is 0.423 e. The summed E-state index contributed by atoms with van der Waals surface area (Å²) in [7, 11) is 0. The van der Waals surface area contributed by atoms with Crippen LogP contribution in [0.15, 0.2) is 67.3 Å². The minimum Gasteiger partial charge on any atom is -0.423 e.